The molecule has 0 amide bonds. The Labute approximate surface area is 126 Å². The van der Waals surface area contributed by atoms with Crippen molar-refractivity contribution in [2.75, 3.05) is 11.9 Å². The first kappa shape index (κ1) is 14.1. The number of hydrogen-bond donors (Lipinski definition) is 1. The van der Waals surface area contributed by atoms with Gasteiger partial charge in [-0.15, -0.1) is 11.6 Å². The van der Waals surface area contributed by atoms with Crippen LogP contribution in [0.4, 0.5) is 5.82 Å². The van der Waals surface area contributed by atoms with Gasteiger partial charge < -0.3 is 5.32 Å². The zero-order valence-electron chi connectivity index (χ0n) is 12.1. The summed E-state index contributed by atoms with van der Waals surface area (Å²) >= 11 is 6.45. The molecule has 2 atom stereocenters. The third-order valence-corrected chi connectivity index (χ3v) is 5.30. The molecular formula is C16H24ClN3. The molecule has 4 heteroatoms. The van der Waals surface area contributed by atoms with E-state index in [0.29, 0.717) is 11.3 Å². The van der Waals surface area contributed by atoms with E-state index in [1.165, 1.54) is 49.8 Å². The fourth-order valence-electron chi connectivity index (χ4n) is 3.47. The Kier molecular flexibility index (Phi) is 4.77. The maximum Gasteiger partial charge on any atom is 0.132 e. The molecule has 3 rings (SSSR count). The Morgan fingerprint density at radius 2 is 1.90 bits per heavy atom. The fourth-order valence-corrected chi connectivity index (χ4v) is 3.84. The highest BCUT2D eigenvalue weighted by Crippen LogP contribution is 2.30. The van der Waals surface area contributed by atoms with Crippen LogP contribution in [0, 0.1) is 5.92 Å². The van der Waals surface area contributed by atoms with Gasteiger partial charge in [-0.25, -0.2) is 9.97 Å². The number of alkyl halides is 1. The second kappa shape index (κ2) is 6.75. The van der Waals surface area contributed by atoms with Crippen molar-refractivity contribution in [3.8, 4) is 0 Å². The molecule has 0 spiro atoms. The van der Waals surface area contributed by atoms with Gasteiger partial charge in [0.25, 0.3) is 0 Å². The van der Waals surface area contributed by atoms with Crippen molar-refractivity contribution in [3.05, 3.63) is 17.6 Å². The third-order valence-electron chi connectivity index (χ3n) is 4.72. The summed E-state index contributed by atoms with van der Waals surface area (Å²) in [6, 6.07) is 0. The van der Waals surface area contributed by atoms with E-state index >= 15 is 0 Å². The molecule has 1 aromatic rings. The van der Waals surface area contributed by atoms with Gasteiger partial charge in [0.1, 0.15) is 12.1 Å². The molecule has 1 N–H and O–H groups in total. The maximum atomic E-state index is 6.45. The molecule has 0 bridgehead atoms. The number of fused-ring (bicyclic) bond motifs is 1. The number of rotatable bonds is 3. The Balaban J connectivity index is 1.68. The molecule has 3 nitrogen and oxygen atoms in total. The van der Waals surface area contributed by atoms with Gasteiger partial charge in [-0.1, -0.05) is 19.3 Å². The molecular weight excluding hydrogens is 270 g/mol. The van der Waals surface area contributed by atoms with Gasteiger partial charge in [-0.2, -0.15) is 0 Å². The minimum Gasteiger partial charge on any atom is -0.369 e. The van der Waals surface area contributed by atoms with Crippen molar-refractivity contribution in [1.29, 1.82) is 0 Å². The minimum atomic E-state index is 0.330. The Bertz CT molecular complexity index is 449. The standard InChI is InChI=1S/C16H24ClN3/c17-14-8-5-4-6-12(14)10-18-16-13-7-2-1-3-9-15(13)19-11-20-16/h11-12,14H,1-10H2,(H,18,19,20). The van der Waals surface area contributed by atoms with Crippen molar-refractivity contribution in [3.63, 3.8) is 0 Å². The first-order valence-corrected chi connectivity index (χ1v) is 8.49. The maximum absolute atomic E-state index is 6.45. The van der Waals surface area contributed by atoms with E-state index in [1.54, 1.807) is 6.33 Å². The molecule has 2 unspecified atom stereocenters. The van der Waals surface area contributed by atoms with E-state index in [2.05, 4.69) is 15.3 Å². The summed E-state index contributed by atoms with van der Waals surface area (Å²) < 4.78 is 0. The second-order valence-corrected chi connectivity index (χ2v) is 6.71. The quantitative estimate of drug-likeness (QED) is 0.677. The van der Waals surface area contributed by atoms with Crippen molar-refractivity contribution >= 4 is 17.4 Å². The molecule has 1 aromatic heterocycles. The van der Waals surface area contributed by atoms with E-state index in [4.69, 9.17) is 11.6 Å². The molecule has 1 fully saturated rings. The Morgan fingerprint density at radius 3 is 2.80 bits per heavy atom. The summed E-state index contributed by atoms with van der Waals surface area (Å²) in [6.45, 7) is 0.956. The van der Waals surface area contributed by atoms with Crippen LogP contribution in [0.1, 0.15) is 56.2 Å². The van der Waals surface area contributed by atoms with Gasteiger partial charge in [-0.05, 0) is 44.4 Å². The predicted octanol–water partition coefficient (Wildman–Crippen LogP) is 3.96. The topological polar surface area (TPSA) is 37.8 Å². The summed E-state index contributed by atoms with van der Waals surface area (Å²) in [6.07, 6.45) is 12.8. The van der Waals surface area contributed by atoms with E-state index < -0.39 is 0 Å². The molecule has 1 saturated carbocycles. The van der Waals surface area contributed by atoms with Crippen LogP contribution in [0.2, 0.25) is 0 Å². The normalized spacial score (nSPS) is 26.6. The van der Waals surface area contributed by atoms with Crippen molar-refractivity contribution in [2.24, 2.45) is 5.92 Å². The lowest BCUT2D eigenvalue weighted by atomic mass is 9.88. The zero-order chi connectivity index (χ0) is 13.8. The summed E-state index contributed by atoms with van der Waals surface area (Å²) in [5, 5.41) is 3.90. The van der Waals surface area contributed by atoms with Crippen LogP contribution in [0.5, 0.6) is 0 Å². The second-order valence-electron chi connectivity index (χ2n) is 6.15. The summed E-state index contributed by atoms with van der Waals surface area (Å²) in [4.78, 5) is 8.95. The van der Waals surface area contributed by atoms with Crippen LogP contribution in [-0.4, -0.2) is 21.9 Å². The molecule has 0 aliphatic heterocycles. The molecule has 0 aromatic carbocycles. The molecule has 0 saturated heterocycles. The Morgan fingerprint density at radius 1 is 1.05 bits per heavy atom. The largest absolute Gasteiger partial charge is 0.369 e. The lowest BCUT2D eigenvalue weighted by Gasteiger charge is -2.27. The SMILES string of the molecule is ClC1CCCCC1CNc1ncnc2c1CCCCC2. The van der Waals surface area contributed by atoms with Crippen LogP contribution in [0.25, 0.3) is 0 Å². The fraction of sp³-hybridized carbons (Fsp3) is 0.750. The zero-order valence-corrected chi connectivity index (χ0v) is 12.8. The molecule has 1 heterocycles. The number of aromatic nitrogens is 2. The van der Waals surface area contributed by atoms with Gasteiger partial charge in [0.05, 0.1) is 0 Å². The van der Waals surface area contributed by atoms with Crippen LogP contribution in [0.15, 0.2) is 6.33 Å². The van der Waals surface area contributed by atoms with Crippen LogP contribution in [-0.2, 0) is 12.8 Å². The van der Waals surface area contributed by atoms with Gasteiger partial charge in [0.15, 0.2) is 0 Å². The monoisotopic (exact) mass is 293 g/mol. The number of nitrogens with one attached hydrogen (secondary N) is 1. The highest BCUT2D eigenvalue weighted by molar-refractivity contribution is 6.20. The molecule has 2 aliphatic rings. The van der Waals surface area contributed by atoms with E-state index in [1.807, 2.05) is 0 Å². The van der Waals surface area contributed by atoms with Gasteiger partial charge in [0.2, 0.25) is 0 Å². The van der Waals surface area contributed by atoms with Gasteiger partial charge >= 0.3 is 0 Å². The lowest BCUT2D eigenvalue weighted by molar-refractivity contribution is 0.380. The van der Waals surface area contributed by atoms with E-state index in [0.717, 1.165) is 31.6 Å². The highest BCUT2D eigenvalue weighted by Gasteiger charge is 2.23. The summed E-state index contributed by atoms with van der Waals surface area (Å²) in [5.74, 6) is 1.65. The first-order chi connectivity index (χ1) is 9.84. The van der Waals surface area contributed by atoms with Gasteiger partial charge in [0, 0.05) is 23.2 Å². The molecule has 2 aliphatic carbocycles. The van der Waals surface area contributed by atoms with E-state index in [9.17, 15) is 0 Å². The number of anilines is 1. The number of nitrogens with zero attached hydrogens (tertiary/aromatic N) is 2. The van der Waals surface area contributed by atoms with Crippen molar-refractivity contribution in [1.82, 2.24) is 9.97 Å². The van der Waals surface area contributed by atoms with Crippen molar-refractivity contribution in [2.45, 2.75) is 63.2 Å². The predicted molar refractivity (Wildman–Crippen MR) is 83.4 cm³/mol. The molecule has 110 valence electrons. The summed E-state index contributed by atoms with van der Waals surface area (Å²) in [7, 11) is 0. The first-order valence-electron chi connectivity index (χ1n) is 8.05. The molecule has 20 heavy (non-hydrogen) atoms. The third kappa shape index (κ3) is 3.25. The number of halogens is 1. The lowest BCUT2D eigenvalue weighted by Crippen LogP contribution is -2.27. The summed E-state index contributed by atoms with van der Waals surface area (Å²) in [5.41, 5.74) is 2.61. The number of hydrogen-bond acceptors (Lipinski definition) is 3. The average Bonchev–Trinajstić information content (AvgIpc) is 2.72. The minimum absolute atomic E-state index is 0.330. The van der Waals surface area contributed by atoms with E-state index in [-0.39, 0.29) is 0 Å². The van der Waals surface area contributed by atoms with Gasteiger partial charge in [-0.3, -0.25) is 0 Å². The number of aryl methyl sites for hydroxylation is 1. The average molecular weight is 294 g/mol. The highest BCUT2D eigenvalue weighted by atomic mass is 35.5. The van der Waals surface area contributed by atoms with Crippen LogP contribution < -0.4 is 5.32 Å². The van der Waals surface area contributed by atoms with Crippen LogP contribution >= 0.6 is 11.6 Å². The Hall–Kier alpha value is -0.830. The van der Waals surface area contributed by atoms with Crippen LogP contribution in [0.3, 0.4) is 0 Å². The molecule has 0 radical (unpaired) electrons. The van der Waals surface area contributed by atoms with Crippen molar-refractivity contribution < 1.29 is 0 Å². The smallest absolute Gasteiger partial charge is 0.132 e.